The second-order valence-electron chi connectivity index (χ2n) is 4.79. The van der Waals surface area contributed by atoms with Gasteiger partial charge in [-0.3, -0.25) is 0 Å². The van der Waals surface area contributed by atoms with Gasteiger partial charge in [0.1, 0.15) is 0 Å². The largest absolute Gasteiger partial charge is 0.383 e. The molecule has 0 spiro atoms. The van der Waals surface area contributed by atoms with Crippen molar-refractivity contribution < 1.29 is 0 Å². The van der Waals surface area contributed by atoms with Gasteiger partial charge in [0.2, 0.25) is 0 Å². The topological polar surface area (TPSA) is 12.0 Å². The van der Waals surface area contributed by atoms with Crippen LogP contribution in [-0.2, 0) is 6.42 Å². The Kier molecular flexibility index (Phi) is 4.64. The molecule has 1 atom stereocenters. The van der Waals surface area contributed by atoms with Crippen molar-refractivity contribution in [1.29, 1.82) is 0 Å². The number of nitrogens with one attached hydrogen (secondary N) is 1. The van der Waals surface area contributed by atoms with E-state index in [-0.39, 0.29) is 0 Å². The Bertz CT molecular complexity index is 551. The van der Waals surface area contributed by atoms with Gasteiger partial charge >= 0.3 is 0 Å². The lowest BCUT2D eigenvalue weighted by atomic mass is 10.1. The molecule has 0 aliphatic heterocycles. The van der Waals surface area contributed by atoms with Gasteiger partial charge in [0.15, 0.2) is 0 Å². The molecule has 0 heterocycles. The molecule has 0 fully saturated rings. The second-order valence-corrected chi connectivity index (χ2v) is 4.79. The quantitative estimate of drug-likeness (QED) is 0.787. The summed E-state index contributed by atoms with van der Waals surface area (Å²) in [6.07, 6.45) is 7.60. The van der Waals surface area contributed by atoms with Crippen molar-refractivity contribution in [2.75, 3.05) is 5.32 Å². The molecule has 0 amide bonds. The lowest BCUT2D eigenvalue weighted by molar-refractivity contribution is 0.706. The van der Waals surface area contributed by atoms with Crippen LogP contribution in [0.15, 0.2) is 54.6 Å². The van der Waals surface area contributed by atoms with Crippen molar-refractivity contribution in [3.8, 4) is 12.3 Å². The third-order valence-corrected chi connectivity index (χ3v) is 3.15. The number of benzene rings is 2. The van der Waals surface area contributed by atoms with Crippen LogP contribution in [0.3, 0.4) is 0 Å². The van der Waals surface area contributed by atoms with Crippen LogP contribution >= 0.6 is 0 Å². The minimum absolute atomic E-state index is 0.424. The molecule has 0 aliphatic carbocycles. The maximum Gasteiger partial charge on any atom is 0.0354 e. The van der Waals surface area contributed by atoms with Gasteiger partial charge in [0, 0.05) is 17.3 Å². The molecule has 0 bridgehead atoms. The van der Waals surface area contributed by atoms with E-state index in [2.05, 4.69) is 54.6 Å². The zero-order valence-corrected chi connectivity index (χ0v) is 11.3. The standard InChI is InChI=1S/C18H19N/c1-3-16-10-7-11-18(14-16)19-15(2)12-13-17-8-5-4-6-9-17/h1,4-11,14-15,19H,12-13H2,2H3. The summed E-state index contributed by atoms with van der Waals surface area (Å²) in [6, 6.07) is 19.0. The van der Waals surface area contributed by atoms with Gasteiger partial charge in [0.25, 0.3) is 0 Å². The molecule has 96 valence electrons. The SMILES string of the molecule is C#Cc1cccc(NC(C)CCc2ccccc2)c1. The smallest absolute Gasteiger partial charge is 0.0354 e. The van der Waals surface area contributed by atoms with Crippen molar-refractivity contribution in [2.24, 2.45) is 0 Å². The molecule has 0 aliphatic rings. The maximum atomic E-state index is 5.41. The van der Waals surface area contributed by atoms with Gasteiger partial charge in [0.05, 0.1) is 0 Å². The van der Waals surface area contributed by atoms with Crippen LogP contribution in [-0.4, -0.2) is 6.04 Å². The number of hydrogen-bond donors (Lipinski definition) is 1. The van der Waals surface area contributed by atoms with Crippen LogP contribution in [0.2, 0.25) is 0 Å². The summed E-state index contributed by atoms with van der Waals surface area (Å²) in [7, 11) is 0. The van der Waals surface area contributed by atoms with Crippen LogP contribution in [0.5, 0.6) is 0 Å². The summed E-state index contributed by atoms with van der Waals surface area (Å²) in [5, 5.41) is 3.49. The summed E-state index contributed by atoms with van der Waals surface area (Å²) < 4.78 is 0. The molecule has 1 N–H and O–H groups in total. The summed E-state index contributed by atoms with van der Waals surface area (Å²) in [4.78, 5) is 0. The minimum atomic E-state index is 0.424. The summed E-state index contributed by atoms with van der Waals surface area (Å²) in [5.41, 5.74) is 3.39. The van der Waals surface area contributed by atoms with Crippen LogP contribution < -0.4 is 5.32 Å². The van der Waals surface area contributed by atoms with Crippen LogP contribution in [0.1, 0.15) is 24.5 Å². The normalized spacial score (nSPS) is 11.6. The van der Waals surface area contributed by atoms with E-state index < -0.39 is 0 Å². The molecular formula is C18H19N. The van der Waals surface area contributed by atoms with Gasteiger partial charge in [-0.2, -0.15) is 0 Å². The van der Waals surface area contributed by atoms with Crippen molar-refractivity contribution in [1.82, 2.24) is 0 Å². The van der Waals surface area contributed by atoms with E-state index in [1.807, 2.05) is 18.2 Å². The van der Waals surface area contributed by atoms with E-state index in [4.69, 9.17) is 6.42 Å². The average molecular weight is 249 g/mol. The lowest BCUT2D eigenvalue weighted by Gasteiger charge is -2.15. The van der Waals surface area contributed by atoms with E-state index in [0.29, 0.717) is 6.04 Å². The summed E-state index contributed by atoms with van der Waals surface area (Å²) in [5.74, 6) is 2.66. The first-order valence-electron chi connectivity index (χ1n) is 6.65. The predicted octanol–water partition coefficient (Wildman–Crippen LogP) is 4.10. The average Bonchev–Trinajstić information content (AvgIpc) is 2.46. The van der Waals surface area contributed by atoms with Crippen LogP contribution in [0.25, 0.3) is 0 Å². The Balaban J connectivity index is 1.87. The molecule has 19 heavy (non-hydrogen) atoms. The molecule has 2 aromatic carbocycles. The fourth-order valence-corrected chi connectivity index (χ4v) is 2.08. The molecular weight excluding hydrogens is 230 g/mol. The Morgan fingerprint density at radius 3 is 2.63 bits per heavy atom. The van der Waals surface area contributed by atoms with Gasteiger partial charge in [-0.05, 0) is 43.5 Å². The van der Waals surface area contributed by atoms with Gasteiger partial charge in [-0.15, -0.1) is 6.42 Å². The molecule has 0 radical (unpaired) electrons. The van der Waals surface area contributed by atoms with Crippen molar-refractivity contribution >= 4 is 5.69 Å². The minimum Gasteiger partial charge on any atom is -0.383 e. The van der Waals surface area contributed by atoms with E-state index in [1.165, 1.54) is 5.56 Å². The number of terminal acetylenes is 1. The predicted molar refractivity (Wildman–Crippen MR) is 82.2 cm³/mol. The molecule has 0 saturated heterocycles. The first kappa shape index (κ1) is 13.2. The Morgan fingerprint density at radius 2 is 1.89 bits per heavy atom. The second kappa shape index (κ2) is 6.66. The molecule has 2 aromatic rings. The highest BCUT2D eigenvalue weighted by atomic mass is 14.9. The van der Waals surface area contributed by atoms with Crippen molar-refractivity contribution in [2.45, 2.75) is 25.8 Å². The lowest BCUT2D eigenvalue weighted by Crippen LogP contribution is -2.15. The number of hydrogen-bond acceptors (Lipinski definition) is 1. The van der Waals surface area contributed by atoms with E-state index >= 15 is 0 Å². The highest BCUT2D eigenvalue weighted by Crippen LogP contribution is 2.13. The molecule has 2 rings (SSSR count). The molecule has 0 saturated carbocycles. The van der Waals surface area contributed by atoms with Crippen molar-refractivity contribution in [3.63, 3.8) is 0 Å². The van der Waals surface area contributed by atoms with Gasteiger partial charge in [-0.1, -0.05) is 42.3 Å². The third kappa shape index (κ3) is 4.19. The first-order valence-corrected chi connectivity index (χ1v) is 6.65. The Hall–Kier alpha value is -2.20. The van der Waals surface area contributed by atoms with Crippen molar-refractivity contribution in [3.05, 3.63) is 65.7 Å². The maximum absolute atomic E-state index is 5.41. The third-order valence-electron chi connectivity index (χ3n) is 3.15. The molecule has 1 nitrogen and oxygen atoms in total. The Labute approximate surface area is 115 Å². The van der Waals surface area contributed by atoms with E-state index in [9.17, 15) is 0 Å². The zero-order valence-electron chi connectivity index (χ0n) is 11.3. The molecule has 0 aromatic heterocycles. The zero-order chi connectivity index (χ0) is 13.5. The number of aryl methyl sites for hydroxylation is 1. The molecule has 1 heteroatoms. The number of rotatable bonds is 5. The highest BCUT2D eigenvalue weighted by molar-refractivity contribution is 5.50. The van der Waals surface area contributed by atoms with E-state index in [1.54, 1.807) is 0 Å². The fraction of sp³-hybridized carbons (Fsp3) is 0.222. The van der Waals surface area contributed by atoms with Gasteiger partial charge in [-0.25, -0.2) is 0 Å². The first-order chi connectivity index (χ1) is 9.28. The number of anilines is 1. The fourth-order valence-electron chi connectivity index (χ4n) is 2.08. The monoisotopic (exact) mass is 249 g/mol. The highest BCUT2D eigenvalue weighted by Gasteiger charge is 2.03. The van der Waals surface area contributed by atoms with Gasteiger partial charge < -0.3 is 5.32 Å². The molecule has 1 unspecified atom stereocenters. The summed E-state index contributed by atoms with van der Waals surface area (Å²) in [6.45, 7) is 2.20. The van der Waals surface area contributed by atoms with Crippen LogP contribution in [0.4, 0.5) is 5.69 Å². The van der Waals surface area contributed by atoms with E-state index in [0.717, 1.165) is 24.1 Å². The Morgan fingerprint density at radius 1 is 1.11 bits per heavy atom. The summed E-state index contributed by atoms with van der Waals surface area (Å²) >= 11 is 0. The van der Waals surface area contributed by atoms with Crippen LogP contribution in [0, 0.1) is 12.3 Å².